The highest BCUT2D eigenvalue weighted by atomic mass is 19.2. The van der Waals surface area contributed by atoms with Crippen LogP contribution in [0.15, 0.2) is 18.2 Å². The van der Waals surface area contributed by atoms with E-state index >= 15 is 0 Å². The Morgan fingerprint density at radius 2 is 2.12 bits per heavy atom. The molecule has 24 heavy (non-hydrogen) atoms. The molecule has 1 fully saturated rings. The largest absolute Gasteiger partial charge is 0.395 e. The van der Waals surface area contributed by atoms with Gasteiger partial charge in [0.1, 0.15) is 0 Å². The number of halogens is 2. The Morgan fingerprint density at radius 1 is 1.42 bits per heavy atom. The van der Waals surface area contributed by atoms with E-state index in [4.69, 9.17) is 5.11 Å². The number of nitrogens with zero attached hydrogens (tertiary/aromatic N) is 2. The number of hydrogen-bond donors (Lipinski definition) is 2. The van der Waals surface area contributed by atoms with E-state index in [-0.39, 0.29) is 37.3 Å². The van der Waals surface area contributed by atoms with Gasteiger partial charge in [0.25, 0.3) is 0 Å². The second kappa shape index (κ2) is 7.90. The summed E-state index contributed by atoms with van der Waals surface area (Å²) < 4.78 is 26.9. The van der Waals surface area contributed by atoms with Gasteiger partial charge in [-0.1, -0.05) is 6.07 Å². The number of carbonyl (C=O) groups excluding carboxylic acids is 1. The zero-order valence-corrected chi connectivity index (χ0v) is 14.3. The molecule has 0 aromatic heterocycles. The quantitative estimate of drug-likeness (QED) is 0.863. The first-order valence-electron chi connectivity index (χ1n) is 8.18. The lowest BCUT2D eigenvalue weighted by atomic mass is 9.99. The van der Waals surface area contributed by atoms with Gasteiger partial charge in [-0.15, -0.1) is 0 Å². The Hall–Kier alpha value is -1.73. The van der Waals surface area contributed by atoms with Crippen molar-refractivity contribution >= 4 is 6.03 Å². The molecule has 1 saturated heterocycles. The van der Waals surface area contributed by atoms with Crippen LogP contribution in [-0.4, -0.2) is 59.8 Å². The van der Waals surface area contributed by atoms with Gasteiger partial charge in [-0.05, 0) is 38.0 Å². The number of hydrogen-bond acceptors (Lipinski definition) is 3. The number of urea groups is 1. The third kappa shape index (κ3) is 4.02. The minimum atomic E-state index is -0.884. The zero-order chi connectivity index (χ0) is 17.9. The Labute approximate surface area is 141 Å². The van der Waals surface area contributed by atoms with Crippen LogP contribution in [0.3, 0.4) is 0 Å². The van der Waals surface area contributed by atoms with E-state index in [1.807, 2.05) is 13.8 Å². The van der Waals surface area contributed by atoms with E-state index in [1.165, 1.54) is 11.0 Å². The van der Waals surface area contributed by atoms with Crippen LogP contribution in [0.5, 0.6) is 0 Å². The van der Waals surface area contributed by atoms with Gasteiger partial charge in [0, 0.05) is 26.2 Å². The molecule has 1 heterocycles. The molecule has 1 aromatic rings. The molecule has 1 aliphatic rings. The van der Waals surface area contributed by atoms with E-state index in [0.29, 0.717) is 5.56 Å². The number of nitrogens with one attached hydrogen (secondary N) is 1. The molecule has 134 valence electrons. The predicted octanol–water partition coefficient (Wildman–Crippen LogP) is 2.12. The number of likely N-dealkylation sites (N-methyl/N-ethyl adjacent to an activating group) is 1. The number of aliphatic hydroxyl groups is 1. The predicted molar refractivity (Wildman–Crippen MR) is 87.6 cm³/mol. The van der Waals surface area contributed by atoms with Gasteiger partial charge < -0.3 is 15.3 Å². The molecular weight excluding hydrogens is 316 g/mol. The summed E-state index contributed by atoms with van der Waals surface area (Å²) in [6.45, 7) is 4.96. The molecule has 5 nitrogen and oxygen atoms in total. The van der Waals surface area contributed by atoms with E-state index in [0.717, 1.165) is 19.0 Å². The molecular formula is C17H25F2N3O2. The van der Waals surface area contributed by atoms with Gasteiger partial charge in [-0.25, -0.2) is 13.6 Å². The maximum Gasteiger partial charge on any atom is 0.317 e. The summed E-state index contributed by atoms with van der Waals surface area (Å²) in [5, 5.41) is 11.9. The van der Waals surface area contributed by atoms with Crippen molar-refractivity contribution in [2.75, 3.05) is 26.7 Å². The van der Waals surface area contributed by atoms with Crippen molar-refractivity contribution in [3.05, 3.63) is 35.4 Å². The van der Waals surface area contributed by atoms with Gasteiger partial charge in [0.05, 0.1) is 18.7 Å². The molecule has 1 aromatic carbocycles. The van der Waals surface area contributed by atoms with Crippen LogP contribution in [-0.2, 0) is 0 Å². The lowest BCUT2D eigenvalue weighted by molar-refractivity contribution is 0.171. The van der Waals surface area contributed by atoms with Gasteiger partial charge in [-0.2, -0.15) is 0 Å². The highest BCUT2D eigenvalue weighted by Crippen LogP contribution is 2.34. The third-order valence-corrected chi connectivity index (χ3v) is 4.48. The number of rotatable bonds is 5. The van der Waals surface area contributed by atoms with Crippen molar-refractivity contribution in [2.24, 2.45) is 0 Å². The molecule has 2 atom stereocenters. The average molecular weight is 341 g/mol. The Bertz CT molecular complexity index is 583. The fourth-order valence-corrected chi connectivity index (χ4v) is 3.19. The van der Waals surface area contributed by atoms with Crippen molar-refractivity contribution in [1.29, 1.82) is 0 Å². The van der Waals surface area contributed by atoms with Gasteiger partial charge >= 0.3 is 6.03 Å². The SMILES string of the molecule is CC(C)N1CCC(NC(=O)N(C)CCO)C1c1ccc(F)c(F)c1. The first kappa shape index (κ1) is 18.6. The number of aliphatic hydroxyl groups excluding tert-OH is 1. The molecule has 0 saturated carbocycles. The average Bonchev–Trinajstić information content (AvgIpc) is 2.94. The summed E-state index contributed by atoms with van der Waals surface area (Å²) >= 11 is 0. The van der Waals surface area contributed by atoms with Crippen LogP contribution in [0.25, 0.3) is 0 Å². The van der Waals surface area contributed by atoms with Crippen LogP contribution in [0, 0.1) is 11.6 Å². The minimum absolute atomic E-state index is 0.112. The van der Waals surface area contributed by atoms with E-state index in [1.54, 1.807) is 13.1 Å². The van der Waals surface area contributed by atoms with Crippen molar-refractivity contribution in [3.63, 3.8) is 0 Å². The van der Waals surface area contributed by atoms with Crippen LogP contribution in [0.2, 0.25) is 0 Å². The van der Waals surface area contributed by atoms with Crippen LogP contribution in [0.1, 0.15) is 31.9 Å². The molecule has 2 amide bonds. The molecule has 2 unspecified atom stereocenters. The van der Waals surface area contributed by atoms with Crippen molar-refractivity contribution < 1.29 is 18.7 Å². The number of amides is 2. The second-order valence-corrected chi connectivity index (χ2v) is 6.44. The first-order valence-corrected chi connectivity index (χ1v) is 8.18. The molecule has 0 aliphatic carbocycles. The molecule has 7 heteroatoms. The van der Waals surface area contributed by atoms with Crippen LogP contribution < -0.4 is 5.32 Å². The summed E-state index contributed by atoms with van der Waals surface area (Å²) in [4.78, 5) is 15.8. The molecule has 0 bridgehead atoms. The normalized spacial score (nSPS) is 21.3. The van der Waals surface area contributed by atoms with E-state index in [9.17, 15) is 13.6 Å². The maximum absolute atomic E-state index is 13.7. The molecule has 1 aliphatic heterocycles. The summed E-state index contributed by atoms with van der Waals surface area (Å²) in [6, 6.07) is 3.40. The van der Waals surface area contributed by atoms with E-state index < -0.39 is 11.6 Å². The smallest absolute Gasteiger partial charge is 0.317 e. The number of carbonyl (C=O) groups is 1. The summed E-state index contributed by atoms with van der Waals surface area (Å²) in [6.07, 6.45) is 0.723. The minimum Gasteiger partial charge on any atom is -0.395 e. The van der Waals surface area contributed by atoms with Crippen LogP contribution in [0.4, 0.5) is 13.6 Å². The summed E-state index contributed by atoms with van der Waals surface area (Å²) in [5.74, 6) is -1.76. The summed E-state index contributed by atoms with van der Waals surface area (Å²) in [7, 11) is 1.60. The first-order chi connectivity index (χ1) is 11.3. The highest BCUT2D eigenvalue weighted by Gasteiger charge is 2.38. The molecule has 0 radical (unpaired) electrons. The van der Waals surface area contributed by atoms with E-state index in [2.05, 4.69) is 10.2 Å². The number of benzene rings is 1. The standard InChI is InChI=1S/C17H25F2N3O2/c1-11(2)22-7-6-15(20-17(24)21(3)8-9-23)16(22)12-4-5-13(18)14(19)10-12/h4-5,10-11,15-16,23H,6-9H2,1-3H3,(H,20,24). The molecule has 2 rings (SSSR count). The monoisotopic (exact) mass is 341 g/mol. The Balaban J connectivity index is 2.23. The number of likely N-dealkylation sites (tertiary alicyclic amines) is 1. The van der Waals surface area contributed by atoms with Crippen molar-refractivity contribution in [3.8, 4) is 0 Å². The lowest BCUT2D eigenvalue weighted by Crippen LogP contribution is -2.46. The van der Waals surface area contributed by atoms with Crippen LogP contribution >= 0.6 is 0 Å². The Morgan fingerprint density at radius 3 is 2.71 bits per heavy atom. The molecule has 2 N–H and O–H groups in total. The van der Waals surface area contributed by atoms with Gasteiger partial charge in [0.2, 0.25) is 0 Å². The topological polar surface area (TPSA) is 55.8 Å². The summed E-state index contributed by atoms with van der Waals surface area (Å²) in [5.41, 5.74) is 0.648. The fourth-order valence-electron chi connectivity index (χ4n) is 3.19. The van der Waals surface area contributed by atoms with Gasteiger partial charge in [0.15, 0.2) is 11.6 Å². The molecule has 0 spiro atoms. The fraction of sp³-hybridized carbons (Fsp3) is 0.588. The second-order valence-electron chi connectivity index (χ2n) is 6.44. The third-order valence-electron chi connectivity index (χ3n) is 4.48. The Kier molecular flexibility index (Phi) is 6.12. The van der Waals surface area contributed by atoms with Gasteiger partial charge in [-0.3, -0.25) is 4.90 Å². The van der Waals surface area contributed by atoms with Crippen molar-refractivity contribution in [2.45, 2.75) is 38.4 Å². The highest BCUT2D eigenvalue weighted by molar-refractivity contribution is 5.74. The lowest BCUT2D eigenvalue weighted by Gasteiger charge is -2.32. The van der Waals surface area contributed by atoms with Crippen molar-refractivity contribution in [1.82, 2.24) is 15.1 Å². The zero-order valence-electron chi connectivity index (χ0n) is 14.3. The maximum atomic E-state index is 13.7.